The molecule has 1 fully saturated rings. The predicted octanol–water partition coefficient (Wildman–Crippen LogP) is -3.07. The van der Waals surface area contributed by atoms with E-state index in [4.69, 9.17) is 4.74 Å². The van der Waals surface area contributed by atoms with Gasteiger partial charge in [0.2, 0.25) is 0 Å². The zero-order valence-electron chi connectivity index (χ0n) is 17.6. The van der Waals surface area contributed by atoms with Gasteiger partial charge in [-0.1, -0.05) is 20.8 Å². The van der Waals surface area contributed by atoms with Gasteiger partial charge in [-0.15, -0.1) is 0 Å². The number of halogens is 2. The minimum absolute atomic E-state index is 0. The van der Waals surface area contributed by atoms with Crippen LogP contribution in [0.5, 0.6) is 0 Å². The molecule has 0 atom stereocenters. The van der Waals surface area contributed by atoms with Crippen LogP contribution in [0.3, 0.4) is 0 Å². The van der Waals surface area contributed by atoms with Crippen molar-refractivity contribution < 1.29 is 66.5 Å². The number of carbonyl (C=O) groups excluding carboxylic acids is 1. The van der Waals surface area contributed by atoms with Gasteiger partial charge in [-0.25, -0.2) is 0 Å². The normalized spacial score (nSPS) is 19.4. The van der Waals surface area contributed by atoms with Gasteiger partial charge in [0.25, 0.3) is 0 Å². The number of nitrogens with zero attached hydrogens (tertiary/aromatic N) is 2. The van der Waals surface area contributed by atoms with Crippen molar-refractivity contribution in [3.8, 4) is 0 Å². The summed E-state index contributed by atoms with van der Waals surface area (Å²) in [5, 5.41) is 0. The Hall–Kier alpha value is 0.850. The minimum Gasteiger partial charge on any atom is -1.00 e. The van der Waals surface area contributed by atoms with Crippen LogP contribution in [0.25, 0.3) is 0 Å². The van der Waals surface area contributed by atoms with Crippen molar-refractivity contribution in [2.45, 2.75) is 47.5 Å². The maximum absolute atomic E-state index is 12.3. The molecule has 1 aliphatic rings. The van der Waals surface area contributed by atoms with E-state index < -0.39 is 5.41 Å². The van der Waals surface area contributed by atoms with Crippen LogP contribution in [0.1, 0.15) is 47.5 Å². The topological polar surface area (TPSA) is 26.3 Å². The summed E-state index contributed by atoms with van der Waals surface area (Å²) in [4.78, 5) is 12.3. The number of piperazine rings is 1. The Morgan fingerprint density at radius 3 is 1.84 bits per heavy atom. The predicted molar refractivity (Wildman–Crippen MR) is 96.1 cm³/mol. The van der Waals surface area contributed by atoms with Crippen molar-refractivity contribution >= 4 is 5.97 Å². The molecule has 0 radical (unpaired) electrons. The van der Waals surface area contributed by atoms with Crippen LogP contribution >= 0.6 is 0 Å². The van der Waals surface area contributed by atoms with E-state index in [-0.39, 0.29) is 59.3 Å². The van der Waals surface area contributed by atoms with Crippen molar-refractivity contribution in [3.05, 3.63) is 0 Å². The Bertz CT molecular complexity index is 408. The van der Waals surface area contributed by atoms with Crippen molar-refractivity contribution in [3.63, 3.8) is 0 Å². The highest BCUT2D eigenvalue weighted by atomic mass is 127. The Labute approximate surface area is 190 Å². The maximum atomic E-state index is 12.3. The molecule has 0 spiro atoms. The number of ether oxygens (including phenoxy) is 1. The molecule has 0 unspecified atom stereocenters. The molecular formula is C19H40I2N2O2. The Morgan fingerprint density at radius 1 is 0.920 bits per heavy atom. The van der Waals surface area contributed by atoms with Gasteiger partial charge in [0.05, 0.1) is 39.7 Å². The van der Waals surface area contributed by atoms with Crippen LogP contribution < -0.4 is 48.0 Å². The van der Waals surface area contributed by atoms with Crippen LogP contribution in [-0.2, 0) is 9.53 Å². The molecule has 0 bridgehead atoms. The molecule has 0 aromatic carbocycles. The lowest BCUT2D eigenvalue weighted by Crippen LogP contribution is -3.00. The highest BCUT2D eigenvalue weighted by Crippen LogP contribution is 2.34. The van der Waals surface area contributed by atoms with Gasteiger partial charge in [0.1, 0.15) is 26.2 Å². The number of esters is 1. The number of hydrogen-bond acceptors (Lipinski definition) is 2. The third-order valence-electron chi connectivity index (χ3n) is 5.09. The molecule has 152 valence electrons. The first-order chi connectivity index (χ1) is 10.2. The molecule has 0 aromatic heterocycles. The molecular weight excluding hydrogens is 542 g/mol. The van der Waals surface area contributed by atoms with Crippen molar-refractivity contribution in [2.24, 2.45) is 10.8 Å². The number of hydrogen-bond donors (Lipinski definition) is 0. The number of carbonyl (C=O) groups is 1. The Kier molecular flexibility index (Phi) is 11.7. The molecule has 1 heterocycles. The molecule has 1 saturated heterocycles. The maximum Gasteiger partial charge on any atom is 0.311 e. The molecule has 0 saturated carbocycles. The lowest BCUT2D eigenvalue weighted by atomic mass is 9.76. The van der Waals surface area contributed by atoms with E-state index in [1.54, 1.807) is 0 Å². The monoisotopic (exact) mass is 582 g/mol. The lowest BCUT2D eigenvalue weighted by molar-refractivity contribution is -1.01. The van der Waals surface area contributed by atoms with E-state index in [2.05, 4.69) is 41.9 Å². The second-order valence-corrected chi connectivity index (χ2v) is 10.3. The van der Waals surface area contributed by atoms with Gasteiger partial charge in [-0.3, -0.25) is 4.79 Å². The van der Waals surface area contributed by atoms with Gasteiger partial charge in [-0.2, -0.15) is 0 Å². The quantitative estimate of drug-likeness (QED) is 0.144. The summed E-state index contributed by atoms with van der Waals surface area (Å²) in [5.74, 6) is -0.0495. The van der Waals surface area contributed by atoms with Gasteiger partial charge in [-0.05, 0) is 25.7 Å². The molecule has 0 N–H and O–H groups in total. The van der Waals surface area contributed by atoms with E-state index >= 15 is 0 Å². The van der Waals surface area contributed by atoms with Crippen LogP contribution in [-0.4, -0.2) is 75.4 Å². The zero-order valence-corrected chi connectivity index (χ0v) is 21.9. The third-order valence-corrected chi connectivity index (χ3v) is 5.09. The summed E-state index contributed by atoms with van der Waals surface area (Å²) in [6.07, 6.45) is 1.81. The fourth-order valence-corrected chi connectivity index (χ4v) is 3.68. The average molecular weight is 582 g/mol. The average Bonchev–Trinajstić information content (AvgIpc) is 2.36. The van der Waals surface area contributed by atoms with Gasteiger partial charge in [0, 0.05) is 6.42 Å². The van der Waals surface area contributed by atoms with Crippen LogP contribution in [0.2, 0.25) is 0 Å². The molecule has 1 rings (SSSR count). The summed E-state index contributed by atoms with van der Waals surface area (Å²) in [7, 11) is 6.95. The molecule has 25 heavy (non-hydrogen) atoms. The van der Waals surface area contributed by atoms with E-state index in [0.29, 0.717) is 6.61 Å². The standard InChI is InChI=1S/C19H40N2O2.2HI/c1-18(2,3)16-19(4,5)17(22)23-15-9-10-21(8)13-11-20(6,7)12-14-21;;/h9-16H2,1-8H3;2*1H/q+2;;/p-2. The van der Waals surface area contributed by atoms with Gasteiger partial charge in [0.15, 0.2) is 0 Å². The first-order valence-corrected chi connectivity index (χ1v) is 9.08. The van der Waals surface area contributed by atoms with E-state index in [1.165, 1.54) is 26.2 Å². The molecule has 6 heteroatoms. The third kappa shape index (κ3) is 10.7. The molecule has 4 nitrogen and oxygen atoms in total. The smallest absolute Gasteiger partial charge is 0.311 e. The van der Waals surface area contributed by atoms with Crippen molar-refractivity contribution in [1.29, 1.82) is 0 Å². The minimum atomic E-state index is -0.399. The summed E-state index contributed by atoms with van der Waals surface area (Å²) < 4.78 is 7.82. The summed E-state index contributed by atoms with van der Waals surface area (Å²) in [6.45, 7) is 17.1. The lowest BCUT2D eigenvalue weighted by Gasteiger charge is -2.44. The molecule has 0 amide bonds. The Balaban J connectivity index is 0. The molecule has 1 aliphatic heterocycles. The number of quaternary nitrogens is 2. The first-order valence-electron chi connectivity index (χ1n) is 9.08. The molecule has 0 aliphatic carbocycles. The highest BCUT2D eigenvalue weighted by molar-refractivity contribution is 5.75. The summed E-state index contributed by atoms with van der Waals surface area (Å²) in [5.41, 5.74) is -0.261. The van der Waals surface area contributed by atoms with Crippen LogP contribution in [0.15, 0.2) is 0 Å². The summed E-state index contributed by atoms with van der Waals surface area (Å²) >= 11 is 0. The largest absolute Gasteiger partial charge is 1.00 e. The van der Waals surface area contributed by atoms with Crippen molar-refractivity contribution in [2.75, 3.05) is 60.5 Å². The summed E-state index contributed by atoms with van der Waals surface area (Å²) in [6, 6.07) is 0. The molecule has 0 aromatic rings. The second kappa shape index (κ2) is 10.4. The van der Waals surface area contributed by atoms with Crippen LogP contribution in [0.4, 0.5) is 0 Å². The fraction of sp³-hybridized carbons (Fsp3) is 0.947. The van der Waals surface area contributed by atoms with Crippen LogP contribution in [0, 0.1) is 10.8 Å². The SMILES string of the molecule is CC(C)(C)CC(C)(C)C(=O)OCCC[N+]1(C)CC[N+](C)(C)CC1.[I-].[I-]. The fourth-order valence-electron chi connectivity index (χ4n) is 3.68. The number of rotatable bonds is 6. The second-order valence-electron chi connectivity index (χ2n) is 10.3. The van der Waals surface area contributed by atoms with Gasteiger partial charge < -0.3 is 61.7 Å². The van der Waals surface area contributed by atoms with Crippen molar-refractivity contribution in [1.82, 2.24) is 0 Å². The van der Waals surface area contributed by atoms with E-state index in [1.807, 2.05) is 13.8 Å². The van der Waals surface area contributed by atoms with Gasteiger partial charge >= 0.3 is 5.97 Å². The first kappa shape index (κ1) is 28.1. The zero-order chi connectivity index (χ0) is 17.9. The highest BCUT2D eigenvalue weighted by Gasteiger charge is 2.35. The van der Waals surface area contributed by atoms with E-state index in [0.717, 1.165) is 28.4 Å². The Morgan fingerprint density at radius 2 is 1.40 bits per heavy atom. The number of likely N-dealkylation sites (N-methyl/N-ethyl adjacent to an activating group) is 2. The van der Waals surface area contributed by atoms with E-state index in [9.17, 15) is 4.79 Å².